The normalized spacial score (nSPS) is 11.4. The molecule has 8 nitrogen and oxygen atoms in total. The summed E-state index contributed by atoms with van der Waals surface area (Å²) in [5.74, 6) is -1.07. The molecular weight excluding hydrogens is 508 g/mol. The van der Waals surface area contributed by atoms with Crippen LogP contribution in [0.3, 0.4) is 0 Å². The zero-order chi connectivity index (χ0) is 29.4. The molecule has 2 N–H and O–H groups in total. The highest BCUT2D eigenvalue weighted by atomic mass is 16.6. The van der Waals surface area contributed by atoms with Crippen LogP contribution < -0.4 is 0 Å². The minimum atomic E-state index is -0.612. The smallest absolute Gasteiger partial charge is 0.355 e. The first-order valence-corrected chi connectivity index (χ1v) is 14.0. The van der Waals surface area contributed by atoms with E-state index in [1.54, 1.807) is 6.92 Å². The van der Waals surface area contributed by atoms with Gasteiger partial charge in [0.1, 0.15) is 23.6 Å². The monoisotopic (exact) mass is 550 g/mol. The number of rotatable bonds is 12. The van der Waals surface area contributed by atoms with Crippen LogP contribution in [0.4, 0.5) is 0 Å². The van der Waals surface area contributed by atoms with Crippen LogP contribution in [0.15, 0.2) is 30.3 Å². The van der Waals surface area contributed by atoms with Gasteiger partial charge in [0.15, 0.2) is 0 Å². The van der Waals surface area contributed by atoms with Crippen molar-refractivity contribution in [3.63, 3.8) is 0 Å². The molecule has 0 radical (unpaired) electrons. The van der Waals surface area contributed by atoms with E-state index in [-0.39, 0.29) is 25.0 Å². The van der Waals surface area contributed by atoms with Gasteiger partial charge in [0.2, 0.25) is 0 Å². The average molecular weight is 551 g/mol. The Bertz CT molecular complexity index is 1330. The number of carbonyl (C=O) groups is 3. The highest BCUT2D eigenvalue weighted by Crippen LogP contribution is 2.28. The summed E-state index contributed by atoms with van der Waals surface area (Å²) in [6.45, 7) is 13.7. The van der Waals surface area contributed by atoms with E-state index in [2.05, 4.69) is 9.97 Å². The van der Waals surface area contributed by atoms with Crippen LogP contribution >= 0.6 is 0 Å². The predicted octanol–water partition coefficient (Wildman–Crippen LogP) is 6.31. The zero-order valence-electron chi connectivity index (χ0n) is 24.8. The Morgan fingerprint density at radius 3 is 2.12 bits per heavy atom. The molecule has 0 aliphatic rings. The Balaban J connectivity index is 1.91. The molecular formula is C32H42N2O6. The number of H-pyrrole nitrogens is 2. The van der Waals surface area contributed by atoms with Crippen molar-refractivity contribution in [2.45, 2.75) is 92.8 Å². The molecule has 0 spiro atoms. The highest BCUT2D eigenvalue weighted by molar-refractivity contribution is 5.91. The molecule has 0 saturated heterocycles. The third-order valence-electron chi connectivity index (χ3n) is 6.79. The molecule has 2 heterocycles. The van der Waals surface area contributed by atoms with Gasteiger partial charge in [0, 0.05) is 24.2 Å². The second kappa shape index (κ2) is 13.5. The van der Waals surface area contributed by atoms with Crippen molar-refractivity contribution >= 4 is 17.9 Å². The summed E-state index contributed by atoms with van der Waals surface area (Å²) in [5.41, 5.74) is 6.51. The predicted molar refractivity (Wildman–Crippen MR) is 154 cm³/mol. The van der Waals surface area contributed by atoms with Gasteiger partial charge in [-0.05, 0) is 88.6 Å². The molecule has 0 fully saturated rings. The van der Waals surface area contributed by atoms with Crippen LogP contribution in [-0.4, -0.2) is 40.1 Å². The van der Waals surface area contributed by atoms with Crippen molar-refractivity contribution in [3.05, 3.63) is 80.9 Å². The highest BCUT2D eigenvalue weighted by Gasteiger charge is 2.26. The number of aromatic amines is 2. The first-order chi connectivity index (χ1) is 18.9. The lowest BCUT2D eigenvalue weighted by atomic mass is 9.99. The summed E-state index contributed by atoms with van der Waals surface area (Å²) in [7, 11) is 0. The standard InChI is InChI=1S/C32H42N2O6/c1-8-23-20(3)25(33-29(23)31(37)40-32(5,6)7)18-26-24(16-13-17-27(35)38-9-2)21(4)28(34-26)30(36)39-19-22-14-11-10-12-15-22/h10-12,14-15,33-34H,8-9,13,16-19H2,1-7H3. The van der Waals surface area contributed by atoms with E-state index in [1.165, 1.54) is 0 Å². The number of ether oxygens (including phenoxy) is 3. The van der Waals surface area contributed by atoms with Crippen LogP contribution in [0.25, 0.3) is 0 Å². The largest absolute Gasteiger partial charge is 0.466 e. The summed E-state index contributed by atoms with van der Waals surface area (Å²) < 4.78 is 16.3. The van der Waals surface area contributed by atoms with Gasteiger partial charge < -0.3 is 24.2 Å². The molecule has 0 saturated carbocycles. The molecule has 3 rings (SSSR count). The van der Waals surface area contributed by atoms with Crippen molar-refractivity contribution in [2.24, 2.45) is 0 Å². The van der Waals surface area contributed by atoms with E-state index in [1.807, 2.05) is 71.9 Å². The van der Waals surface area contributed by atoms with Crippen molar-refractivity contribution in [3.8, 4) is 0 Å². The van der Waals surface area contributed by atoms with Gasteiger partial charge in [-0.2, -0.15) is 0 Å². The van der Waals surface area contributed by atoms with Crippen molar-refractivity contribution in [1.82, 2.24) is 9.97 Å². The molecule has 3 aromatic rings. The first-order valence-electron chi connectivity index (χ1n) is 14.0. The number of benzene rings is 1. The lowest BCUT2D eigenvalue weighted by Gasteiger charge is -2.19. The number of carbonyl (C=O) groups excluding carboxylic acids is 3. The van der Waals surface area contributed by atoms with E-state index in [0.717, 1.165) is 39.2 Å². The molecule has 1 aromatic carbocycles. The van der Waals surface area contributed by atoms with Gasteiger partial charge in [-0.25, -0.2) is 9.59 Å². The molecule has 40 heavy (non-hydrogen) atoms. The zero-order valence-corrected chi connectivity index (χ0v) is 24.8. The minimum Gasteiger partial charge on any atom is -0.466 e. The third kappa shape index (κ3) is 7.87. The van der Waals surface area contributed by atoms with Gasteiger partial charge in [-0.15, -0.1) is 0 Å². The quantitative estimate of drug-likeness (QED) is 0.202. The van der Waals surface area contributed by atoms with Gasteiger partial charge >= 0.3 is 17.9 Å². The first kappa shape index (κ1) is 30.7. The SMILES string of the molecule is CCOC(=O)CCCc1c(Cc2[nH]c(C(=O)OC(C)(C)C)c(CC)c2C)[nH]c(C(=O)OCc2ccccc2)c1C. The second-order valence-electron chi connectivity index (χ2n) is 10.9. The number of aromatic nitrogens is 2. The van der Waals surface area contributed by atoms with E-state index in [4.69, 9.17) is 14.2 Å². The average Bonchev–Trinajstić information content (AvgIpc) is 3.38. The Kier molecular flexibility index (Phi) is 10.4. The molecule has 0 aliphatic heterocycles. The summed E-state index contributed by atoms with van der Waals surface area (Å²) in [6, 6.07) is 9.52. The molecule has 0 amide bonds. The number of nitrogens with one attached hydrogen (secondary N) is 2. The van der Waals surface area contributed by atoms with Crippen molar-refractivity contribution in [2.75, 3.05) is 6.61 Å². The van der Waals surface area contributed by atoms with Crippen LogP contribution in [0.1, 0.15) is 108 Å². The molecule has 0 aliphatic carbocycles. The van der Waals surface area contributed by atoms with E-state index in [9.17, 15) is 14.4 Å². The van der Waals surface area contributed by atoms with Crippen molar-refractivity contribution in [1.29, 1.82) is 0 Å². The Morgan fingerprint density at radius 2 is 1.50 bits per heavy atom. The minimum absolute atomic E-state index is 0.167. The van der Waals surface area contributed by atoms with Crippen molar-refractivity contribution < 1.29 is 28.6 Å². The Labute approximate surface area is 236 Å². The third-order valence-corrected chi connectivity index (χ3v) is 6.79. The maximum Gasteiger partial charge on any atom is 0.355 e. The van der Waals surface area contributed by atoms with Gasteiger partial charge in [-0.3, -0.25) is 4.79 Å². The fraction of sp³-hybridized carbons (Fsp3) is 0.469. The number of hydrogen-bond acceptors (Lipinski definition) is 6. The molecule has 2 aromatic heterocycles. The molecule has 0 unspecified atom stereocenters. The molecule has 216 valence electrons. The lowest BCUT2D eigenvalue weighted by Crippen LogP contribution is -2.24. The van der Waals surface area contributed by atoms with Crippen LogP contribution in [0, 0.1) is 13.8 Å². The molecule has 0 bridgehead atoms. The second-order valence-corrected chi connectivity index (χ2v) is 10.9. The summed E-state index contributed by atoms with van der Waals surface area (Å²) in [6.07, 6.45) is 2.57. The summed E-state index contributed by atoms with van der Waals surface area (Å²) in [5, 5.41) is 0. The van der Waals surface area contributed by atoms with E-state index >= 15 is 0 Å². The summed E-state index contributed by atoms with van der Waals surface area (Å²) >= 11 is 0. The maximum absolute atomic E-state index is 13.1. The number of esters is 3. The Morgan fingerprint density at radius 1 is 0.825 bits per heavy atom. The van der Waals surface area contributed by atoms with Gasteiger partial charge in [0.05, 0.1) is 6.61 Å². The molecule has 8 heteroatoms. The van der Waals surface area contributed by atoms with Crippen LogP contribution in [0.2, 0.25) is 0 Å². The molecule has 0 atom stereocenters. The Hall–Kier alpha value is -3.81. The van der Waals surface area contributed by atoms with E-state index < -0.39 is 11.6 Å². The lowest BCUT2D eigenvalue weighted by molar-refractivity contribution is -0.143. The van der Waals surface area contributed by atoms with E-state index in [0.29, 0.717) is 43.7 Å². The number of hydrogen-bond donors (Lipinski definition) is 2. The maximum atomic E-state index is 13.1. The van der Waals surface area contributed by atoms with Crippen LogP contribution in [-0.2, 0) is 44.9 Å². The van der Waals surface area contributed by atoms with Gasteiger partial charge in [-0.1, -0.05) is 37.3 Å². The summed E-state index contributed by atoms with van der Waals surface area (Å²) in [4.78, 5) is 44.7. The fourth-order valence-electron chi connectivity index (χ4n) is 4.82. The van der Waals surface area contributed by atoms with Gasteiger partial charge in [0.25, 0.3) is 0 Å². The fourth-order valence-corrected chi connectivity index (χ4v) is 4.82. The topological polar surface area (TPSA) is 110 Å². The van der Waals surface area contributed by atoms with Crippen LogP contribution in [0.5, 0.6) is 0 Å².